The maximum atomic E-state index is 6.35. The maximum Gasteiger partial charge on any atom is 0.226 e. The zero-order valence-corrected chi connectivity index (χ0v) is 14.5. The highest BCUT2D eigenvalue weighted by molar-refractivity contribution is 7.96. The van der Waals surface area contributed by atoms with Gasteiger partial charge in [0, 0.05) is 19.5 Å². The molecule has 1 saturated heterocycles. The smallest absolute Gasteiger partial charge is 0.226 e. The molecule has 6 heteroatoms. The number of fused-ring (bicyclic) bond motifs is 1. The maximum absolute atomic E-state index is 6.35. The van der Waals surface area contributed by atoms with E-state index < -0.39 is 0 Å². The Morgan fingerprint density at radius 2 is 2.09 bits per heavy atom. The molecule has 0 saturated carbocycles. The summed E-state index contributed by atoms with van der Waals surface area (Å²) in [5.74, 6) is 1.43. The van der Waals surface area contributed by atoms with Crippen LogP contribution in [0.2, 0.25) is 5.02 Å². The Kier molecular flexibility index (Phi) is 5.06. The molecule has 3 rings (SSSR count). The number of nitrogens with zero attached hydrogens (tertiary/aromatic N) is 3. The van der Waals surface area contributed by atoms with Crippen LogP contribution < -0.4 is 4.74 Å². The van der Waals surface area contributed by atoms with Crippen molar-refractivity contribution >= 4 is 34.5 Å². The molecule has 1 aliphatic heterocycles. The van der Waals surface area contributed by atoms with Crippen molar-refractivity contribution in [2.24, 2.45) is 0 Å². The largest absolute Gasteiger partial charge is 0.474 e. The SMILES string of the molecule is CCc1nc(OC2CCN(SC)CC2)c2c(Cl)cccc2n1. The fourth-order valence-electron chi connectivity index (χ4n) is 2.69. The lowest BCUT2D eigenvalue weighted by Crippen LogP contribution is -2.34. The van der Waals surface area contributed by atoms with E-state index >= 15 is 0 Å². The molecule has 0 unspecified atom stereocenters. The van der Waals surface area contributed by atoms with E-state index in [0.717, 1.165) is 49.1 Å². The van der Waals surface area contributed by atoms with Gasteiger partial charge in [-0.25, -0.2) is 4.98 Å². The van der Waals surface area contributed by atoms with Crippen LogP contribution in [0.25, 0.3) is 10.9 Å². The highest BCUT2D eigenvalue weighted by atomic mass is 35.5. The average molecular weight is 338 g/mol. The van der Waals surface area contributed by atoms with Gasteiger partial charge >= 0.3 is 0 Å². The summed E-state index contributed by atoms with van der Waals surface area (Å²) in [6, 6.07) is 5.74. The number of halogens is 1. The summed E-state index contributed by atoms with van der Waals surface area (Å²) >= 11 is 8.15. The first-order chi connectivity index (χ1) is 10.7. The van der Waals surface area contributed by atoms with E-state index in [-0.39, 0.29) is 6.10 Å². The van der Waals surface area contributed by atoms with Gasteiger partial charge < -0.3 is 4.74 Å². The van der Waals surface area contributed by atoms with Crippen molar-refractivity contribution in [1.82, 2.24) is 14.3 Å². The summed E-state index contributed by atoms with van der Waals surface area (Å²) in [6.07, 6.45) is 5.12. The van der Waals surface area contributed by atoms with Crippen LogP contribution in [0.4, 0.5) is 0 Å². The number of aryl methyl sites for hydroxylation is 1. The predicted octanol–water partition coefficient (Wildman–Crippen LogP) is 3.97. The lowest BCUT2D eigenvalue weighted by atomic mass is 10.1. The van der Waals surface area contributed by atoms with Crippen LogP contribution in [0.15, 0.2) is 18.2 Å². The molecule has 0 atom stereocenters. The topological polar surface area (TPSA) is 38.2 Å². The molecule has 2 aromatic rings. The van der Waals surface area contributed by atoms with Crippen molar-refractivity contribution in [3.05, 3.63) is 29.0 Å². The summed E-state index contributed by atoms with van der Waals surface area (Å²) in [5, 5.41) is 1.48. The molecule has 1 aromatic carbocycles. The molecule has 1 fully saturated rings. The quantitative estimate of drug-likeness (QED) is 0.789. The molecule has 1 aliphatic rings. The second-order valence-corrected chi connectivity index (χ2v) is 6.65. The van der Waals surface area contributed by atoms with Crippen molar-refractivity contribution in [2.75, 3.05) is 19.3 Å². The number of aromatic nitrogens is 2. The summed E-state index contributed by atoms with van der Waals surface area (Å²) in [5.41, 5.74) is 0.857. The Morgan fingerprint density at radius 1 is 1.32 bits per heavy atom. The lowest BCUT2D eigenvalue weighted by Gasteiger charge is -2.30. The molecule has 1 aromatic heterocycles. The normalized spacial score (nSPS) is 17.0. The first kappa shape index (κ1) is 15.8. The van der Waals surface area contributed by atoms with Gasteiger partial charge in [0.15, 0.2) is 0 Å². The van der Waals surface area contributed by atoms with E-state index in [9.17, 15) is 0 Å². The van der Waals surface area contributed by atoms with Crippen molar-refractivity contribution in [3.8, 4) is 5.88 Å². The third kappa shape index (κ3) is 3.31. The van der Waals surface area contributed by atoms with Gasteiger partial charge in [0.2, 0.25) is 5.88 Å². The first-order valence-corrected chi connectivity index (χ1v) is 9.18. The van der Waals surface area contributed by atoms with Gasteiger partial charge in [0.1, 0.15) is 11.9 Å². The van der Waals surface area contributed by atoms with Gasteiger partial charge in [-0.05, 0) is 31.2 Å². The van der Waals surface area contributed by atoms with Crippen LogP contribution in [-0.4, -0.2) is 39.7 Å². The zero-order valence-electron chi connectivity index (χ0n) is 12.9. The number of hydrogen-bond acceptors (Lipinski definition) is 5. The molecule has 0 N–H and O–H groups in total. The number of rotatable bonds is 4. The van der Waals surface area contributed by atoms with Crippen LogP contribution in [0.5, 0.6) is 5.88 Å². The number of benzene rings is 1. The predicted molar refractivity (Wildman–Crippen MR) is 92.7 cm³/mol. The van der Waals surface area contributed by atoms with Gasteiger partial charge in [0.05, 0.1) is 15.9 Å². The summed E-state index contributed by atoms with van der Waals surface area (Å²) in [4.78, 5) is 9.12. The molecule has 0 bridgehead atoms. The third-order valence-electron chi connectivity index (χ3n) is 3.94. The molecule has 118 valence electrons. The summed E-state index contributed by atoms with van der Waals surface area (Å²) < 4.78 is 8.58. The Morgan fingerprint density at radius 3 is 2.77 bits per heavy atom. The van der Waals surface area contributed by atoms with E-state index in [4.69, 9.17) is 16.3 Å². The van der Waals surface area contributed by atoms with E-state index in [0.29, 0.717) is 10.9 Å². The third-order valence-corrected chi connectivity index (χ3v) is 5.14. The lowest BCUT2D eigenvalue weighted by molar-refractivity contribution is 0.135. The second kappa shape index (κ2) is 7.02. The number of hydrogen-bond donors (Lipinski definition) is 0. The first-order valence-electron chi connectivity index (χ1n) is 7.62. The number of ether oxygens (including phenoxy) is 1. The standard InChI is InChI=1S/C16H20ClN3OS/c1-3-14-18-13-6-4-5-12(17)15(13)16(19-14)21-11-7-9-20(22-2)10-8-11/h4-6,11H,3,7-10H2,1-2H3. The summed E-state index contributed by atoms with van der Waals surface area (Å²) in [7, 11) is 0. The molecular formula is C16H20ClN3OS. The van der Waals surface area contributed by atoms with Crippen molar-refractivity contribution in [2.45, 2.75) is 32.3 Å². The highest BCUT2D eigenvalue weighted by Gasteiger charge is 2.22. The van der Waals surface area contributed by atoms with Gasteiger partial charge in [-0.2, -0.15) is 4.98 Å². The second-order valence-electron chi connectivity index (χ2n) is 5.36. The molecule has 4 nitrogen and oxygen atoms in total. The van der Waals surface area contributed by atoms with E-state index in [1.807, 2.05) is 25.1 Å². The van der Waals surface area contributed by atoms with Gasteiger partial charge in [0.25, 0.3) is 0 Å². The molecule has 0 spiro atoms. The van der Waals surface area contributed by atoms with Crippen molar-refractivity contribution < 1.29 is 4.74 Å². The monoisotopic (exact) mass is 337 g/mol. The molecule has 0 aliphatic carbocycles. The molecular weight excluding hydrogens is 318 g/mol. The van der Waals surface area contributed by atoms with E-state index in [1.165, 1.54) is 0 Å². The Labute approximate surface area is 140 Å². The van der Waals surface area contributed by atoms with E-state index in [2.05, 4.69) is 20.5 Å². The Bertz CT molecular complexity index is 659. The van der Waals surface area contributed by atoms with Crippen LogP contribution in [-0.2, 0) is 6.42 Å². The summed E-state index contributed by atoms with van der Waals surface area (Å²) in [6.45, 7) is 4.14. The highest BCUT2D eigenvalue weighted by Crippen LogP contribution is 2.32. The van der Waals surface area contributed by atoms with Gasteiger partial charge in [-0.15, -0.1) is 0 Å². The van der Waals surface area contributed by atoms with Crippen LogP contribution >= 0.6 is 23.5 Å². The number of piperidine rings is 1. The Hall–Kier alpha value is -1.04. The van der Waals surface area contributed by atoms with Crippen LogP contribution in [0, 0.1) is 0 Å². The minimum Gasteiger partial charge on any atom is -0.474 e. The molecule has 22 heavy (non-hydrogen) atoms. The zero-order chi connectivity index (χ0) is 15.5. The minimum atomic E-state index is 0.197. The van der Waals surface area contributed by atoms with Crippen LogP contribution in [0.3, 0.4) is 0 Å². The Balaban J connectivity index is 1.89. The van der Waals surface area contributed by atoms with Gasteiger partial charge in [-0.3, -0.25) is 4.31 Å². The van der Waals surface area contributed by atoms with Crippen molar-refractivity contribution in [3.63, 3.8) is 0 Å². The van der Waals surface area contributed by atoms with Crippen LogP contribution in [0.1, 0.15) is 25.6 Å². The fourth-order valence-corrected chi connectivity index (χ4v) is 3.51. The molecule has 2 heterocycles. The van der Waals surface area contributed by atoms with Gasteiger partial charge in [-0.1, -0.05) is 36.5 Å². The van der Waals surface area contributed by atoms with E-state index in [1.54, 1.807) is 11.9 Å². The molecule has 0 amide bonds. The minimum absolute atomic E-state index is 0.197. The fraction of sp³-hybridized carbons (Fsp3) is 0.500. The molecule has 0 radical (unpaired) electrons. The van der Waals surface area contributed by atoms with Crippen molar-refractivity contribution in [1.29, 1.82) is 0 Å². The average Bonchev–Trinajstić information content (AvgIpc) is 2.55.